The van der Waals surface area contributed by atoms with Crippen molar-refractivity contribution in [3.63, 3.8) is 0 Å². The molecule has 1 aliphatic heterocycles. The van der Waals surface area contributed by atoms with E-state index in [1.165, 1.54) is 16.5 Å². The third-order valence-electron chi connectivity index (χ3n) is 4.22. The molecule has 0 saturated carbocycles. The van der Waals surface area contributed by atoms with Crippen molar-refractivity contribution in [3.8, 4) is 0 Å². The summed E-state index contributed by atoms with van der Waals surface area (Å²) in [6.45, 7) is 5.86. The van der Waals surface area contributed by atoms with Crippen LogP contribution in [0.4, 0.5) is 0 Å². The number of nitrogens with zero attached hydrogens (tertiary/aromatic N) is 2. The van der Waals surface area contributed by atoms with Gasteiger partial charge in [0.15, 0.2) is 0 Å². The number of hydrogen-bond acceptors (Lipinski definition) is 3. The van der Waals surface area contributed by atoms with Gasteiger partial charge in [-0.2, -0.15) is 0 Å². The lowest BCUT2D eigenvalue weighted by Crippen LogP contribution is -2.54. The fourth-order valence-corrected chi connectivity index (χ4v) is 3.11. The van der Waals surface area contributed by atoms with Gasteiger partial charge in [-0.3, -0.25) is 9.69 Å². The number of aromatic nitrogens is 1. The van der Waals surface area contributed by atoms with E-state index in [1.807, 2.05) is 12.1 Å². The summed E-state index contributed by atoms with van der Waals surface area (Å²) in [4.78, 5) is 13.4. The van der Waals surface area contributed by atoms with Gasteiger partial charge in [0.05, 0.1) is 0 Å². The maximum absolute atomic E-state index is 11.4. The molecule has 1 aromatic carbocycles. The monoisotopic (exact) mass is 287 g/mol. The van der Waals surface area contributed by atoms with Crippen molar-refractivity contribution in [2.24, 2.45) is 0 Å². The van der Waals surface area contributed by atoms with Crippen LogP contribution in [0.1, 0.15) is 12.5 Å². The lowest BCUT2D eigenvalue weighted by atomic mass is 10.1. The van der Waals surface area contributed by atoms with E-state index >= 15 is 0 Å². The topological polar surface area (TPSA) is 57.5 Å². The van der Waals surface area contributed by atoms with Crippen LogP contribution >= 0.6 is 0 Å². The second-order valence-corrected chi connectivity index (χ2v) is 5.49. The van der Waals surface area contributed by atoms with E-state index < -0.39 is 12.0 Å². The Bertz CT molecular complexity index is 650. The van der Waals surface area contributed by atoms with E-state index in [1.54, 1.807) is 0 Å². The quantitative estimate of drug-likeness (QED) is 0.895. The lowest BCUT2D eigenvalue weighted by molar-refractivity contribution is -0.144. The number of piperazine rings is 1. The SMILES string of the molecule is CCn1cc(CN2CCNCC2C(=O)O)c2ccccc21. The highest BCUT2D eigenvalue weighted by Gasteiger charge is 2.28. The van der Waals surface area contributed by atoms with Gasteiger partial charge in [-0.25, -0.2) is 0 Å². The van der Waals surface area contributed by atoms with Gasteiger partial charge in [0, 0.05) is 49.8 Å². The van der Waals surface area contributed by atoms with Crippen LogP contribution in [0.15, 0.2) is 30.5 Å². The molecule has 1 saturated heterocycles. The first kappa shape index (κ1) is 14.1. The van der Waals surface area contributed by atoms with E-state index in [0.717, 1.165) is 19.6 Å². The third kappa shape index (κ3) is 2.66. The minimum absolute atomic E-state index is 0.442. The van der Waals surface area contributed by atoms with Gasteiger partial charge in [-0.15, -0.1) is 0 Å². The maximum Gasteiger partial charge on any atom is 0.322 e. The van der Waals surface area contributed by atoms with Crippen molar-refractivity contribution < 1.29 is 9.90 Å². The summed E-state index contributed by atoms with van der Waals surface area (Å²) in [7, 11) is 0. The molecule has 3 rings (SSSR count). The van der Waals surface area contributed by atoms with Crippen molar-refractivity contribution in [1.82, 2.24) is 14.8 Å². The van der Waals surface area contributed by atoms with Gasteiger partial charge >= 0.3 is 5.97 Å². The van der Waals surface area contributed by atoms with Crippen LogP contribution in [-0.2, 0) is 17.9 Å². The zero-order valence-electron chi connectivity index (χ0n) is 12.2. The molecule has 0 spiro atoms. The van der Waals surface area contributed by atoms with Crippen molar-refractivity contribution in [2.75, 3.05) is 19.6 Å². The molecule has 0 bridgehead atoms. The number of hydrogen-bond donors (Lipinski definition) is 2. The van der Waals surface area contributed by atoms with E-state index in [0.29, 0.717) is 13.1 Å². The number of carboxylic acids is 1. The van der Waals surface area contributed by atoms with Gasteiger partial charge in [0.2, 0.25) is 0 Å². The van der Waals surface area contributed by atoms with Crippen molar-refractivity contribution in [2.45, 2.75) is 26.1 Å². The van der Waals surface area contributed by atoms with Gasteiger partial charge in [0.1, 0.15) is 6.04 Å². The molecule has 21 heavy (non-hydrogen) atoms. The Labute approximate surface area is 124 Å². The summed E-state index contributed by atoms with van der Waals surface area (Å²) < 4.78 is 2.22. The molecular formula is C16H21N3O2. The highest BCUT2D eigenvalue weighted by Crippen LogP contribution is 2.23. The Kier molecular flexibility index (Phi) is 3.94. The van der Waals surface area contributed by atoms with Gasteiger partial charge in [-0.1, -0.05) is 18.2 Å². The smallest absolute Gasteiger partial charge is 0.322 e. The summed E-state index contributed by atoms with van der Waals surface area (Å²) in [5.74, 6) is -0.749. The van der Waals surface area contributed by atoms with Crippen molar-refractivity contribution >= 4 is 16.9 Å². The van der Waals surface area contributed by atoms with Gasteiger partial charge in [-0.05, 0) is 18.6 Å². The number of aryl methyl sites for hydroxylation is 1. The van der Waals surface area contributed by atoms with Crippen LogP contribution in [0.3, 0.4) is 0 Å². The average Bonchev–Trinajstić information content (AvgIpc) is 2.86. The fourth-order valence-electron chi connectivity index (χ4n) is 3.11. The van der Waals surface area contributed by atoms with Crippen LogP contribution in [0.25, 0.3) is 10.9 Å². The molecule has 1 aromatic heterocycles. The highest BCUT2D eigenvalue weighted by atomic mass is 16.4. The standard InChI is InChI=1S/C16H21N3O2/c1-2-18-10-12(13-5-3-4-6-14(13)18)11-19-8-7-17-9-15(19)16(20)21/h3-6,10,15,17H,2,7-9,11H2,1H3,(H,20,21). The van der Waals surface area contributed by atoms with E-state index in [4.69, 9.17) is 0 Å². The number of aliphatic carboxylic acids is 1. The summed E-state index contributed by atoms with van der Waals surface area (Å²) in [5.41, 5.74) is 2.43. The Balaban J connectivity index is 1.92. The molecule has 0 radical (unpaired) electrons. The molecule has 1 unspecified atom stereocenters. The van der Waals surface area contributed by atoms with Gasteiger partial charge < -0.3 is 15.0 Å². The minimum atomic E-state index is -0.749. The Morgan fingerprint density at radius 2 is 2.24 bits per heavy atom. The molecule has 2 N–H and O–H groups in total. The number of nitrogens with one attached hydrogen (secondary N) is 1. The van der Waals surface area contributed by atoms with Crippen molar-refractivity contribution in [3.05, 3.63) is 36.0 Å². The maximum atomic E-state index is 11.4. The zero-order chi connectivity index (χ0) is 14.8. The summed E-state index contributed by atoms with van der Waals surface area (Å²) in [6.07, 6.45) is 2.16. The molecule has 1 atom stereocenters. The van der Waals surface area contributed by atoms with Crippen LogP contribution in [0.2, 0.25) is 0 Å². The second-order valence-electron chi connectivity index (χ2n) is 5.49. The second kappa shape index (κ2) is 5.87. The van der Waals surface area contributed by atoms with E-state index in [9.17, 15) is 9.90 Å². The summed E-state index contributed by atoms with van der Waals surface area (Å²) in [5, 5.41) is 13.7. The Morgan fingerprint density at radius 3 is 3.00 bits per heavy atom. The van der Waals surface area contributed by atoms with Crippen molar-refractivity contribution in [1.29, 1.82) is 0 Å². The number of benzene rings is 1. The third-order valence-corrected chi connectivity index (χ3v) is 4.22. The first-order valence-electron chi connectivity index (χ1n) is 7.45. The summed E-state index contributed by atoms with van der Waals surface area (Å²) >= 11 is 0. The van der Waals surface area contributed by atoms with E-state index in [2.05, 4.69) is 40.0 Å². The Morgan fingerprint density at radius 1 is 1.43 bits per heavy atom. The molecule has 2 heterocycles. The number of carboxylic acid groups (broad SMARTS) is 1. The minimum Gasteiger partial charge on any atom is -0.480 e. The molecular weight excluding hydrogens is 266 g/mol. The lowest BCUT2D eigenvalue weighted by Gasteiger charge is -2.33. The zero-order valence-corrected chi connectivity index (χ0v) is 12.2. The predicted molar refractivity (Wildman–Crippen MR) is 82.3 cm³/mol. The molecule has 1 aliphatic rings. The molecule has 1 fully saturated rings. The van der Waals surface area contributed by atoms with Crippen LogP contribution in [0, 0.1) is 0 Å². The van der Waals surface area contributed by atoms with E-state index in [-0.39, 0.29) is 0 Å². The average molecular weight is 287 g/mol. The van der Waals surface area contributed by atoms with Crippen LogP contribution in [-0.4, -0.2) is 46.2 Å². The van der Waals surface area contributed by atoms with Crippen LogP contribution in [0.5, 0.6) is 0 Å². The first-order valence-corrected chi connectivity index (χ1v) is 7.45. The Hall–Kier alpha value is -1.85. The number of carbonyl (C=O) groups is 1. The summed E-state index contributed by atoms with van der Waals surface area (Å²) in [6, 6.07) is 7.88. The van der Waals surface area contributed by atoms with Gasteiger partial charge in [0.25, 0.3) is 0 Å². The first-order chi connectivity index (χ1) is 10.2. The molecule has 5 nitrogen and oxygen atoms in total. The molecule has 112 valence electrons. The molecule has 0 amide bonds. The molecule has 0 aliphatic carbocycles. The normalized spacial score (nSPS) is 20.0. The highest BCUT2D eigenvalue weighted by molar-refractivity contribution is 5.84. The fraction of sp³-hybridized carbons (Fsp3) is 0.438. The number of para-hydroxylation sites is 1. The van der Waals surface area contributed by atoms with Crippen LogP contribution < -0.4 is 5.32 Å². The predicted octanol–water partition coefficient (Wildman–Crippen LogP) is 1.52. The largest absolute Gasteiger partial charge is 0.480 e. The molecule has 2 aromatic rings. The number of fused-ring (bicyclic) bond motifs is 1. The number of rotatable bonds is 4. The molecule has 5 heteroatoms.